The molecule has 1 aromatic rings. The number of rotatable bonds is 7. The van der Waals surface area contributed by atoms with Gasteiger partial charge in [-0.1, -0.05) is 31.5 Å². The average Bonchev–Trinajstić information content (AvgIpc) is 2.26. The normalized spacial score (nSPS) is 10.4. The molecular weight excluding hydrogens is 196 g/mol. The predicted octanol–water partition coefficient (Wildman–Crippen LogP) is 3.11. The van der Waals surface area contributed by atoms with E-state index in [2.05, 4.69) is 49.6 Å². The Kier molecular flexibility index (Phi) is 5.94. The van der Waals surface area contributed by atoms with Crippen LogP contribution in [0.1, 0.15) is 30.9 Å². The molecule has 0 saturated heterocycles. The summed E-state index contributed by atoms with van der Waals surface area (Å²) in [6.45, 7) is 9.68. The van der Waals surface area contributed by atoms with Crippen molar-refractivity contribution in [2.45, 2.75) is 33.6 Å². The van der Waals surface area contributed by atoms with Gasteiger partial charge in [-0.3, -0.25) is 0 Å². The van der Waals surface area contributed by atoms with Gasteiger partial charge in [0.15, 0.2) is 0 Å². The van der Waals surface area contributed by atoms with Crippen molar-refractivity contribution in [3.8, 4) is 0 Å². The molecule has 0 atom stereocenters. The molecule has 0 fully saturated rings. The number of nitrogens with one attached hydrogen (secondary N) is 2. The molecule has 2 N–H and O–H groups in total. The van der Waals surface area contributed by atoms with Gasteiger partial charge < -0.3 is 10.6 Å². The van der Waals surface area contributed by atoms with Crippen LogP contribution in [-0.4, -0.2) is 19.6 Å². The number of hydrogen-bond acceptors (Lipinski definition) is 2. The summed E-state index contributed by atoms with van der Waals surface area (Å²) in [5.41, 5.74) is 3.95. The van der Waals surface area contributed by atoms with E-state index in [0.717, 1.165) is 19.6 Å². The Balaban J connectivity index is 2.26. The second-order valence-electron chi connectivity index (χ2n) is 4.30. The summed E-state index contributed by atoms with van der Waals surface area (Å²) < 4.78 is 0. The first-order valence-corrected chi connectivity index (χ1v) is 6.26. The van der Waals surface area contributed by atoms with Gasteiger partial charge >= 0.3 is 0 Å². The van der Waals surface area contributed by atoms with Crippen LogP contribution in [0.5, 0.6) is 0 Å². The molecular formula is C14H24N2. The molecule has 16 heavy (non-hydrogen) atoms. The van der Waals surface area contributed by atoms with Crippen LogP contribution in [0.25, 0.3) is 0 Å². The number of para-hydroxylation sites is 1. The number of anilines is 1. The van der Waals surface area contributed by atoms with Crippen LogP contribution in [0.4, 0.5) is 5.69 Å². The summed E-state index contributed by atoms with van der Waals surface area (Å²) in [6, 6.07) is 6.41. The van der Waals surface area contributed by atoms with Crippen LogP contribution in [0.2, 0.25) is 0 Å². The minimum Gasteiger partial charge on any atom is -0.383 e. The summed E-state index contributed by atoms with van der Waals surface area (Å²) >= 11 is 0. The van der Waals surface area contributed by atoms with E-state index in [1.807, 2.05) is 0 Å². The molecule has 90 valence electrons. The molecule has 0 aromatic heterocycles. The maximum absolute atomic E-state index is 3.50. The van der Waals surface area contributed by atoms with Crippen molar-refractivity contribution in [2.75, 3.05) is 25.0 Å². The summed E-state index contributed by atoms with van der Waals surface area (Å²) in [7, 11) is 0. The van der Waals surface area contributed by atoms with Gasteiger partial charge in [-0.25, -0.2) is 0 Å². The largest absolute Gasteiger partial charge is 0.383 e. The van der Waals surface area contributed by atoms with E-state index in [1.54, 1.807) is 0 Å². The van der Waals surface area contributed by atoms with Crippen LogP contribution in [-0.2, 0) is 0 Å². The number of hydrogen-bond donors (Lipinski definition) is 2. The molecule has 0 unspecified atom stereocenters. The zero-order chi connectivity index (χ0) is 11.8. The first-order valence-electron chi connectivity index (χ1n) is 6.26. The number of benzene rings is 1. The lowest BCUT2D eigenvalue weighted by molar-refractivity contribution is 0.652. The van der Waals surface area contributed by atoms with E-state index in [9.17, 15) is 0 Å². The van der Waals surface area contributed by atoms with Gasteiger partial charge in [-0.2, -0.15) is 0 Å². The standard InChI is InChI=1S/C14H24N2/c1-4-5-9-15-10-11-16-14-12(2)7-6-8-13(14)3/h6-8,15-16H,4-5,9-11H2,1-3H3. The summed E-state index contributed by atoms with van der Waals surface area (Å²) in [4.78, 5) is 0. The average molecular weight is 220 g/mol. The molecule has 0 heterocycles. The highest BCUT2D eigenvalue weighted by Crippen LogP contribution is 2.18. The molecule has 0 aliphatic carbocycles. The van der Waals surface area contributed by atoms with E-state index in [1.165, 1.54) is 29.7 Å². The van der Waals surface area contributed by atoms with Crippen LogP contribution in [0.3, 0.4) is 0 Å². The van der Waals surface area contributed by atoms with Gasteiger partial charge in [0.25, 0.3) is 0 Å². The summed E-state index contributed by atoms with van der Waals surface area (Å²) in [5.74, 6) is 0. The minimum absolute atomic E-state index is 0.995. The van der Waals surface area contributed by atoms with Gasteiger partial charge in [-0.05, 0) is 37.9 Å². The summed E-state index contributed by atoms with van der Waals surface area (Å²) in [5, 5.41) is 6.93. The molecule has 1 aromatic carbocycles. The monoisotopic (exact) mass is 220 g/mol. The van der Waals surface area contributed by atoms with E-state index in [-0.39, 0.29) is 0 Å². The molecule has 0 amide bonds. The van der Waals surface area contributed by atoms with Gasteiger partial charge in [-0.15, -0.1) is 0 Å². The van der Waals surface area contributed by atoms with Crippen LogP contribution < -0.4 is 10.6 Å². The molecule has 0 bridgehead atoms. The fraction of sp³-hybridized carbons (Fsp3) is 0.571. The third kappa shape index (κ3) is 4.23. The zero-order valence-electron chi connectivity index (χ0n) is 10.8. The van der Waals surface area contributed by atoms with Crippen LogP contribution in [0.15, 0.2) is 18.2 Å². The van der Waals surface area contributed by atoms with Crippen LogP contribution in [0, 0.1) is 13.8 Å². The fourth-order valence-corrected chi connectivity index (χ4v) is 1.80. The van der Waals surface area contributed by atoms with Crippen molar-refractivity contribution in [1.29, 1.82) is 0 Å². The Hall–Kier alpha value is -1.02. The Morgan fingerprint density at radius 1 is 1.00 bits per heavy atom. The highest BCUT2D eigenvalue weighted by Gasteiger charge is 1.99. The maximum Gasteiger partial charge on any atom is 0.0400 e. The van der Waals surface area contributed by atoms with Crippen molar-refractivity contribution >= 4 is 5.69 Å². The molecule has 0 spiro atoms. The Labute approximate surface area is 99.5 Å². The molecule has 0 saturated carbocycles. The van der Waals surface area contributed by atoms with Crippen molar-refractivity contribution in [3.05, 3.63) is 29.3 Å². The molecule has 2 heteroatoms. The Morgan fingerprint density at radius 2 is 1.69 bits per heavy atom. The SMILES string of the molecule is CCCCNCCNc1c(C)cccc1C. The third-order valence-electron chi connectivity index (χ3n) is 2.79. The highest BCUT2D eigenvalue weighted by molar-refractivity contribution is 5.56. The van der Waals surface area contributed by atoms with Crippen molar-refractivity contribution in [2.24, 2.45) is 0 Å². The summed E-state index contributed by atoms with van der Waals surface area (Å²) in [6.07, 6.45) is 2.53. The third-order valence-corrected chi connectivity index (χ3v) is 2.79. The smallest absolute Gasteiger partial charge is 0.0400 e. The van der Waals surface area contributed by atoms with Gasteiger partial charge in [0.05, 0.1) is 0 Å². The van der Waals surface area contributed by atoms with Crippen molar-refractivity contribution in [1.82, 2.24) is 5.32 Å². The highest BCUT2D eigenvalue weighted by atomic mass is 14.9. The molecule has 0 aliphatic heterocycles. The fourth-order valence-electron chi connectivity index (χ4n) is 1.80. The second kappa shape index (κ2) is 7.29. The lowest BCUT2D eigenvalue weighted by atomic mass is 10.1. The van der Waals surface area contributed by atoms with E-state index >= 15 is 0 Å². The van der Waals surface area contributed by atoms with E-state index < -0.39 is 0 Å². The van der Waals surface area contributed by atoms with Gasteiger partial charge in [0, 0.05) is 18.8 Å². The van der Waals surface area contributed by atoms with Gasteiger partial charge in [0.1, 0.15) is 0 Å². The van der Waals surface area contributed by atoms with Gasteiger partial charge in [0.2, 0.25) is 0 Å². The van der Waals surface area contributed by atoms with Crippen molar-refractivity contribution < 1.29 is 0 Å². The second-order valence-corrected chi connectivity index (χ2v) is 4.30. The van der Waals surface area contributed by atoms with Crippen LogP contribution >= 0.6 is 0 Å². The quantitative estimate of drug-likeness (QED) is 0.690. The first kappa shape index (κ1) is 13.0. The van der Waals surface area contributed by atoms with E-state index in [0.29, 0.717) is 0 Å². The number of unbranched alkanes of at least 4 members (excludes halogenated alkanes) is 1. The van der Waals surface area contributed by atoms with Crippen molar-refractivity contribution in [3.63, 3.8) is 0 Å². The lowest BCUT2D eigenvalue weighted by Gasteiger charge is -2.12. The topological polar surface area (TPSA) is 24.1 Å². The van der Waals surface area contributed by atoms with E-state index in [4.69, 9.17) is 0 Å². The molecule has 2 nitrogen and oxygen atoms in total. The lowest BCUT2D eigenvalue weighted by Crippen LogP contribution is -2.23. The minimum atomic E-state index is 0.995. The maximum atomic E-state index is 3.50. The molecule has 0 aliphatic rings. The molecule has 0 radical (unpaired) electrons. The Morgan fingerprint density at radius 3 is 2.31 bits per heavy atom. The zero-order valence-corrected chi connectivity index (χ0v) is 10.8. The Bertz CT molecular complexity index is 287. The molecule has 1 rings (SSSR count). The first-order chi connectivity index (χ1) is 7.75. The number of aryl methyl sites for hydroxylation is 2. The predicted molar refractivity (Wildman–Crippen MR) is 72.2 cm³/mol.